The van der Waals surface area contributed by atoms with Gasteiger partial charge in [-0.25, -0.2) is 4.39 Å². The summed E-state index contributed by atoms with van der Waals surface area (Å²) in [6, 6.07) is 11.9. The van der Waals surface area contributed by atoms with Crippen molar-refractivity contribution in [2.24, 2.45) is 5.92 Å². The van der Waals surface area contributed by atoms with E-state index in [0.29, 0.717) is 23.7 Å². The van der Waals surface area contributed by atoms with E-state index >= 15 is 0 Å². The highest BCUT2D eigenvalue weighted by molar-refractivity contribution is 5.96. The number of nitrogens with two attached hydrogens (primary N) is 1. The SMILES string of the molecule is Cc1ccc(N)cc1C(=O)NCC1CCN(c2ccc(F)cc2)C1.Cl.Cl. The average molecular weight is 400 g/mol. The molecule has 1 atom stereocenters. The summed E-state index contributed by atoms with van der Waals surface area (Å²) in [6.45, 7) is 4.32. The van der Waals surface area contributed by atoms with E-state index in [4.69, 9.17) is 5.73 Å². The topological polar surface area (TPSA) is 58.4 Å². The third-order valence-corrected chi connectivity index (χ3v) is 4.54. The number of nitrogens with one attached hydrogen (secondary N) is 1. The molecule has 2 aromatic carbocycles. The van der Waals surface area contributed by atoms with Gasteiger partial charge in [0, 0.05) is 36.6 Å². The molecule has 7 heteroatoms. The lowest BCUT2D eigenvalue weighted by atomic mass is 10.1. The molecule has 0 aliphatic carbocycles. The van der Waals surface area contributed by atoms with Gasteiger partial charge < -0.3 is 16.0 Å². The maximum absolute atomic E-state index is 13.0. The summed E-state index contributed by atoms with van der Waals surface area (Å²) < 4.78 is 13.0. The number of hydrogen-bond donors (Lipinski definition) is 2. The number of carbonyl (C=O) groups excluding carboxylic acids is 1. The minimum absolute atomic E-state index is 0. The first-order valence-electron chi connectivity index (χ1n) is 8.18. The molecule has 4 nitrogen and oxygen atoms in total. The third-order valence-electron chi connectivity index (χ3n) is 4.54. The van der Waals surface area contributed by atoms with Crippen molar-refractivity contribution in [3.8, 4) is 0 Å². The Morgan fingerprint density at radius 2 is 1.92 bits per heavy atom. The molecule has 2 aromatic rings. The van der Waals surface area contributed by atoms with Crippen LogP contribution >= 0.6 is 24.8 Å². The smallest absolute Gasteiger partial charge is 0.251 e. The number of amides is 1. The van der Waals surface area contributed by atoms with Crippen molar-refractivity contribution >= 4 is 42.1 Å². The van der Waals surface area contributed by atoms with Gasteiger partial charge in [0.15, 0.2) is 0 Å². The number of aryl methyl sites for hydroxylation is 1. The van der Waals surface area contributed by atoms with Crippen LogP contribution in [0.1, 0.15) is 22.3 Å². The third kappa shape index (κ3) is 5.26. The predicted molar refractivity (Wildman–Crippen MR) is 109 cm³/mol. The molecule has 1 unspecified atom stereocenters. The van der Waals surface area contributed by atoms with E-state index < -0.39 is 0 Å². The van der Waals surface area contributed by atoms with E-state index in [-0.39, 0.29) is 36.5 Å². The summed E-state index contributed by atoms with van der Waals surface area (Å²) in [5.74, 6) is 0.0830. The van der Waals surface area contributed by atoms with Gasteiger partial charge in [-0.1, -0.05) is 6.07 Å². The second-order valence-electron chi connectivity index (χ2n) is 6.36. The predicted octanol–water partition coefficient (Wildman–Crippen LogP) is 3.82. The normalized spacial score (nSPS) is 15.8. The molecular weight excluding hydrogens is 376 g/mol. The highest BCUT2D eigenvalue weighted by atomic mass is 35.5. The van der Waals surface area contributed by atoms with Gasteiger partial charge in [0.2, 0.25) is 0 Å². The van der Waals surface area contributed by atoms with Gasteiger partial charge in [0.25, 0.3) is 5.91 Å². The van der Waals surface area contributed by atoms with Crippen molar-refractivity contribution in [2.45, 2.75) is 13.3 Å². The summed E-state index contributed by atoms with van der Waals surface area (Å²) in [7, 11) is 0. The molecule has 1 heterocycles. The van der Waals surface area contributed by atoms with Crippen LogP contribution in [0.15, 0.2) is 42.5 Å². The number of halogens is 3. The van der Waals surface area contributed by atoms with Crippen molar-refractivity contribution < 1.29 is 9.18 Å². The van der Waals surface area contributed by atoms with Gasteiger partial charge in [0.05, 0.1) is 0 Å². The summed E-state index contributed by atoms with van der Waals surface area (Å²) in [5, 5.41) is 3.01. The number of hydrogen-bond acceptors (Lipinski definition) is 3. The van der Waals surface area contributed by atoms with Gasteiger partial charge in [-0.15, -0.1) is 24.8 Å². The largest absolute Gasteiger partial charge is 0.399 e. The zero-order chi connectivity index (χ0) is 17.1. The van der Waals surface area contributed by atoms with Gasteiger partial charge in [-0.2, -0.15) is 0 Å². The molecule has 1 aliphatic rings. The van der Waals surface area contributed by atoms with Gasteiger partial charge in [-0.05, 0) is 61.2 Å². The Labute approximate surface area is 165 Å². The Bertz CT molecular complexity index is 740. The molecule has 0 saturated carbocycles. The minimum atomic E-state index is -0.223. The number of carbonyl (C=O) groups is 1. The van der Waals surface area contributed by atoms with E-state index in [0.717, 1.165) is 30.8 Å². The van der Waals surface area contributed by atoms with Crippen molar-refractivity contribution in [2.75, 3.05) is 30.3 Å². The van der Waals surface area contributed by atoms with Crippen molar-refractivity contribution in [1.29, 1.82) is 0 Å². The fourth-order valence-electron chi connectivity index (χ4n) is 3.10. The Kier molecular flexibility index (Phi) is 8.18. The zero-order valence-electron chi connectivity index (χ0n) is 14.6. The van der Waals surface area contributed by atoms with E-state index in [9.17, 15) is 9.18 Å². The van der Waals surface area contributed by atoms with E-state index in [1.54, 1.807) is 24.3 Å². The summed E-state index contributed by atoms with van der Waals surface area (Å²) in [6.07, 6.45) is 1.01. The lowest BCUT2D eigenvalue weighted by molar-refractivity contribution is 0.0947. The Balaban J connectivity index is 0.00000169. The van der Waals surface area contributed by atoms with Crippen LogP contribution in [-0.4, -0.2) is 25.5 Å². The van der Waals surface area contributed by atoms with Crippen molar-refractivity contribution in [1.82, 2.24) is 5.32 Å². The highest BCUT2D eigenvalue weighted by Gasteiger charge is 2.23. The van der Waals surface area contributed by atoms with Crippen LogP contribution in [0.4, 0.5) is 15.8 Å². The molecule has 1 amide bonds. The fourth-order valence-corrected chi connectivity index (χ4v) is 3.10. The van der Waals surface area contributed by atoms with Crippen molar-refractivity contribution in [3.05, 3.63) is 59.4 Å². The number of nitrogen functional groups attached to an aromatic ring is 1. The van der Waals surface area contributed by atoms with Crippen LogP contribution in [0.25, 0.3) is 0 Å². The molecule has 142 valence electrons. The van der Waals surface area contributed by atoms with Crippen LogP contribution in [0, 0.1) is 18.7 Å². The highest BCUT2D eigenvalue weighted by Crippen LogP contribution is 2.23. The molecule has 1 aliphatic heterocycles. The Morgan fingerprint density at radius 1 is 1.23 bits per heavy atom. The molecule has 0 bridgehead atoms. The zero-order valence-corrected chi connectivity index (χ0v) is 16.2. The first kappa shape index (κ1) is 22.1. The van der Waals surface area contributed by atoms with Crippen LogP contribution in [0.3, 0.4) is 0 Å². The first-order chi connectivity index (χ1) is 11.5. The molecule has 3 rings (SSSR count). The van der Waals surface area contributed by atoms with E-state index in [1.807, 2.05) is 13.0 Å². The molecule has 1 fully saturated rings. The number of rotatable bonds is 4. The van der Waals surface area contributed by atoms with E-state index in [1.165, 1.54) is 12.1 Å². The van der Waals surface area contributed by atoms with Gasteiger partial charge in [0.1, 0.15) is 5.82 Å². The Morgan fingerprint density at radius 3 is 2.62 bits per heavy atom. The molecule has 0 aromatic heterocycles. The molecule has 1 saturated heterocycles. The summed E-state index contributed by atoms with van der Waals surface area (Å²) in [4.78, 5) is 14.6. The molecule has 0 spiro atoms. The first-order valence-corrected chi connectivity index (χ1v) is 8.18. The minimum Gasteiger partial charge on any atom is -0.399 e. The molecule has 0 radical (unpaired) electrons. The summed E-state index contributed by atoms with van der Waals surface area (Å²) in [5.41, 5.74) is 8.93. The van der Waals surface area contributed by atoms with Gasteiger partial charge >= 0.3 is 0 Å². The maximum atomic E-state index is 13.0. The van der Waals surface area contributed by atoms with Crippen LogP contribution in [-0.2, 0) is 0 Å². The van der Waals surface area contributed by atoms with Crippen LogP contribution in [0.2, 0.25) is 0 Å². The second kappa shape index (κ2) is 9.64. The van der Waals surface area contributed by atoms with E-state index in [2.05, 4.69) is 10.2 Å². The monoisotopic (exact) mass is 399 g/mol. The molecule has 26 heavy (non-hydrogen) atoms. The maximum Gasteiger partial charge on any atom is 0.251 e. The molecule has 3 N–H and O–H groups in total. The summed E-state index contributed by atoms with van der Waals surface area (Å²) >= 11 is 0. The van der Waals surface area contributed by atoms with Gasteiger partial charge in [-0.3, -0.25) is 4.79 Å². The number of benzene rings is 2. The number of anilines is 2. The molecular formula is C19H24Cl2FN3O. The quantitative estimate of drug-likeness (QED) is 0.768. The number of nitrogens with zero attached hydrogens (tertiary/aromatic N) is 1. The van der Waals surface area contributed by atoms with Crippen LogP contribution in [0.5, 0.6) is 0 Å². The van der Waals surface area contributed by atoms with Crippen molar-refractivity contribution in [3.63, 3.8) is 0 Å². The average Bonchev–Trinajstić information content (AvgIpc) is 3.04. The van der Waals surface area contributed by atoms with Crippen LogP contribution < -0.4 is 16.0 Å². The second-order valence-corrected chi connectivity index (χ2v) is 6.36. The lowest BCUT2D eigenvalue weighted by Gasteiger charge is -2.19. The lowest BCUT2D eigenvalue weighted by Crippen LogP contribution is -2.31. The Hall–Kier alpha value is -1.98. The standard InChI is InChI=1S/C19H22FN3O.2ClH/c1-13-2-5-16(21)10-18(13)19(24)22-11-14-8-9-23(12-14)17-6-3-15(20)4-7-17;;/h2-7,10,14H,8-9,11-12,21H2,1H3,(H,22,24);2*1H. The fraction of sp³-hybridized carbons (Fsp3) is 0.316.